The first-order chi connectivity index (χ1) is 14.9. The third-order valence-corrected chi connectivity index (χ3v) is 9.38. The number of benzene rings is 1. The van der Waals surface area contributed by atoms with Crippen LogP contribution >= 0.6 is 0 Å². The van der Waals surface area contributed by atoms with Crippen molar-refractivity contribution < 1.29 is 13.0 Å². The van der Waals surface area contributed by atoms with E-state index in [1.807, 2.05) is 12.1 Å². The van der Waals surface area contributed by atoms with Crippen LogP contribution in [0, 0.1) is 30.6 Å². The Morgan fingerprint density at radius 3 is 1.90 bits per heavy atom. The van der Waals surface area contributed by atoms with Crippen molar-refractivity contribution in [2.75, 3.05) is 0 Å². The molecule has 1 aromatic rings. The highest BCUT2D eigenvalue weighted by Crippen LogP contribution is 2.43. The summed E-state index contributed by atoms with van der Waals surface area (Å²) in [6.07, 6.45) is 19.9. The van der Waals surface area contributed by atoms with Gasteiger partial charge in [-0.15, -0.1) is 0 Å². The van der Waals surface area contributed by atoms with Crippen molar-refractivity contribution in [3.63, 3.8) is 0 Å². The van der Waals surface area contributed by atoms with Gasteiger partial charge in [0, 0.05) is 0 Å². The fourth-order valence-electron chi connectivity index (χ4n) is 6.44. The van der Waals surface area contributed by atoms with Gasteiger partial charge in [0.2, 0.25) is 0 Å². The topological polar surface area (TPSA) is 54.4 Å². The molecule has 0 amide bonds. The Morgan fingerprint density at radius 1 is 0.839 bits per heavy atom. The normalized spacial score (nSPS) is 27.3. The van der Waals surface area contributed by atoms with Crippen LogP contribution in [0.5, 0.6) is 0 Å². The highest BCUT2D eigenvalue weighted by molar-refractivity contribution is 7.86. The molecule has 176 valence electrons. The van der Waals surface area contributed by atoms with Crippen LogP contribution in [-0.4, -0.2) is 13.0 Å². The Labute approximate surface area is 191 Å². The second-order valence-electron chi connectivity index (χ2n) is 10.5. The smallest absolute Gasteiger partial charge is 0.282 e. The van der Waals surface area contributed by atoms with Crippen LogP contribution < -0.4 is 0 Å². The fourth-order valence-corrected chi connectivity index (χ4v) is 7.42. The van der Waals surface area contributed by atoms with Crippen LogP contribution in [-0.2, 0) is 16.5 Å². The second kappa shape index (κ2) is 11.8. The Bertz CT molecular complexity index is 770. The summed E-state index contributed by atoms with van der Waals surface area (Å²) >= 11 is 0. The molecule has 2 fully saturated rings. The number of unbranched alkanes of at least 4 members (excludes halogenated alkanes) is 2. The standard InChI is InChI=1S/C27H44O3S/c1-3-4-5-9-22-13-17-24(18-14-22)25-19-15-23(16-20-25)10-7-12-26-11-6-8-21(2)27(26)31(28,29)30/h6,8,11,22-25H,3-5,7,9-10,12-20H2,1-2H3,(H,28,29,30)/t22-,23-,24-,25-. The molecule has 2 saturated carbocycles. The molecule has 0 radical (unpaired) electrons. The lowest BCUT2D eigenvalue weighted by molar-refractivity contribution is 0.140. The van der Waals surface area contributed by atoms with Crippen LogP contribution in [0.15, 0.2) is 23.1 Å². The summed E-state index contributed by atoms with van der Waals surface area (Å²) < 4.78 is 33.1. The Kier molecular flexibility index (Phi) is 9.46. The van der Waals surface area contributed by atoms with Crippen molar-refractivity contribution in [2.24, 2.45) is 23.7 Å². The van der Waals surface area contributed by atoms with Crippen molar-refractivity contribution in [3.05, 3.63) is 29.3 Å². The predicted octanol–water partition coefficient (Wildman–Crippen LogP) is 7.76. The quantitative estimate of drug-likeness (QED) is 0.294. The monoisotopic (exact) mass is 448 g/mol. The summed E-state index contributed by atoms with van der Waals surface area (Å²) in [7, 11) is -4.15. The van der Waals surface area contributed by atoms with Crippen LogP contribution in [0.3, 0.4) is 0 Å². The molecule has 0 saturated heterocycles. The zero-order valence-corrected chi connectivity index (χ0v) is 20.6. The third kappa shape index (κ3) is 7.32. The molecule has 31 heavy (non-hydrogen) atoms. The average molecular weight is 449 g/mol. The summed E-state index contributed by atoms with van der Waals surface area (Å²) in [6, 6.07) is 5.50. The molecule has 4 heteroatoms. The molecule has 0 atom stereocenters. The molecule has 2 aliphatic rings. The first kappa shape index (κ1) is 24.8. The van der Waals surface area contributed by atoms with Gasteiger partial charge in [-0.2, -0.15) is 8.42 Å². The lowest BCUT2D eigenvalue weighted by Gasteiger charge is -2.38. The van der Waals surface area contributed by atoms with E-state index < -0.39 is 10.1 Å². The van der Waals surface area contributed by atoms with Gasteiger partial charge < -0.3 is 0 Å². The maximum Gasteiger partial charge on any atom is 0.295 e. The third-order valence-electron chi connectivity index (χ3n) is 8.28. The van der Waals surface area contributed by atoms with Gasteiger partial charge in [0.15, 0.2) is 0 Å². The molecule has 0 aromatic heterocycles. The average Bonchev–Trinajstić information content (AvgIpc) is 2.74. The van der Waals surface area contributed by atoms with E-state index in [2.05, 4.69) is 6.92 Å². The minimum atomic E-state index is -4.15. The van der Waals surface area contributed by atoms with Gasteiger partial charge in [-0.3, -0.25) is 4.55 Å². The van der Waals surface area contributed by atoms with Crippen LogP contribution in [0.4, 0.5) is 0 Å². The van der Waals surface area contributed by atoms with E-state index in [1.165, 1.54) is 83.5 Å². The van der Waals surface area contributed by atoms with Gasteiger partial charge in [0.05, 0.1) is 4.90 Å². The largest absolute Gasteiger partial charge is 0.295 e. The maximum atomic E-state index is 11.8. The van der Waals surface area contributed by atoms with Crippen molar-refractivity contribution in [3.8, 4) is 0 Å². The van der Waals surface area contributed by atoms with Gasteiger partial charge in [0.25, 0.3) is 10.1 Å². The fraction of sp³-hybridized carbons (Fsp3) is 0.778. The minimum absolute atomic E-state index is 0.129. The highest BCUT2D eigenvalue weighted by Gasteiger charge is 2.30. The molecule has 3 nitrogen and oxygen atoms in total. The second-order valence-corrected chi connectivity index (χ2v) is 11.8. The summed E-state index contributed by atoms with van der Waals surface area (Å²) in [5, 5.41) is 0. The van der Waals surface area contributed by atoms with Crippen molar-refractivity contribution in [1.82, 2.24) is 0 Å². The van der Waals surface area contributed by atoms with Crippen LogP contribution in [0.25, 0.3) is 0 Å². The number of rotatable bonds is 10. The molecular weight excluding hydrogens is 404 g/mol. The summed E-state index contributed by atoms with van der Waals surface area (Å²) in [4.78, 5) is 0.129. The lowest BCUT2D eigenvalue weighted by atomic mass is 9.68. The summed E-state index contributed by atoms with van der Waals surface area (Å²) in [5.74, 6) is 3.73. The molecule has 2 aliphatic carbocycles. The number of hydrogen-bond acceptors (Lipinski definition) is 2. The van der Waals surface area contributed by atoms with Crippen molar-refractivity contribution >= 4 is 10.1 Å². The molecule has 1 aromatic carbocycles. The van der Waals surface area contributed by atoms with Gasteiger partial charge >= 0.3 is 0 Å². The zero-order chi connectivity index (χ0) is 22.3. The van der Waals surface area contributed by atoms with Crippen LogP contribution in [0.1, 0.15) is 108 Å². The van der Waals surface area contributed by atoms with E-state index >= 15 is 0 Å². The molecule has 0 heterocycles. The lowest BCUT2D eigenvalue weighted by Crippen LogP contribution is -2.26. The first-order valence-corrected chi connectivity index (χ1v) is 14.4. The van der Waals surface area contributed by atoms with Gasteiger partial charge in [0.1, 0.15) is 0 Å². The summed E-state index contributed by atoms with van der Waals surface area (Å²) in [5.41, 5.74) is 1.41. The number of hydrogen-bond donors (Lipinski definition) is 1. The maximum absolute atomic E-state index is 11.8. The van der Waals surface area contributed by atoms with E-state index in [1.54, 1.807) is 13.0 Å². The molecule has 0 spiro atoms. The van der Waals surface area contributed by atoms with Crippen molar-refractivity contribution in [1.29, 1.82) is 0 Å². The highest BCUT2D eigenvalue weighted by atomic mass is 32.2. The molecular formula is C27H44O3S. The van der Waals surface area contributed by atoms with Gasteiger partial charge in [-0.25, -0.2) is 0 Å². The van der Waals surface area contributed by atoms with E-state index in [0.717, 1.165) is 42.1 Å². The van der Waals surface area contributed by atoms with E-state index in [9.17, 15) is 13.0 Å². The summed E-state index contributed by atoms with van der Waals surface area (Å²) in [6.45, 7) is 4.05. The van der Waals surface area contributed by atoms with E-state index in [-0.39, 0.29) is 4.90 Å². The van der Waals surface area contributed by atoms with E-state index in [0.29, 0.717) is 5.56 Å². The molecule has 1 N–H and O–H groups in total. The van der Waals surface area contributed by atoms with E-state index in [4.69, 9.17) is 0 Å². The molecule has 0 bridgehead atoms. The molecule has 3 rings (SSSR count). The van der Waals surface area contributed by atoms with Crippen molar-refractivity contribution in [2.45, 2.75) is 115 Å². The first-order valence-electron chi connectivity index (χ1n) is 12.9. The van der Waals surface area contributed by atoms with Gasteiger partial charge in [-0.1, -0.05) is 82.9 Å². The molecule has 0 aliphatic heterocycles. The molecule has 0 unspecified atom stereocenters. The minimum Gasteiger partial charge on any atom is -0.282 e. The Hall–Kier alpha value is -0.870. The Morgan fingerprint density at radius 2 is 1.39 bits per heavy atom. The Balaban J connectivity index is 1.38. The van der Waals surface area contributed by atoms with Crippen LogP contribution in [0.2, 0.25) is 0 Å². The predicted molar refractivity (Wildman–Crippen MR) is 129 cm³/mol. The zero-order valence-electron chi connectivity index (χ0n) is 19.8. The number of aryl methyl sites for hydroxylation is 2. The SMILES string of the molecule is CCCCC[C@H]1CC[C@H]([C@H]2CC[C@H](CCCc3cccc(C)c3S(=O)(=O)O)CC2)CC1. The van der Waals surface area contributed by atoms with Gasteiger partial charge in [-0.05, 0) is 80.2 Å².